The molecular weight excluding hydrogens is 506 g/mol. The van der Waals surface area contributed by atoms with Gasteiger partial charge in [-0.15, -0.1) is 0 Å². The third-order valence-corrected chi connectivity index (χ3v) is 7.16. The number of carboxylic acids is 1. The summed E-state index contributed by atoms with van der Waals surface area (Å²) in [6, 6.07) is 23.3. The van der Waals surface area contributed by atoms with Gasteiger partial charge in [-0.1, -0.05) is 48.0 Å². The second kappa shape index (κ2) is 11.9. The minimum absolute atomic E-state index is 0.145. The predicted octanol–water partition coefficient (Wildman–Crippen LogP) is 4.82. The van der Waals surface area contributed by atoms with E-state index in [4.69, 9.17) is 9.15 Å². The highest BCUT2D eigenvalue weighted by molar-refractivity contribution is 7.90. The minimum atomic E-state index is -4.13. The van der Waals surface area contributed by atoms with Gasteiger partial charge in [0.15, 0.2) is 0 Å². The molecule has 10 heteroatoms. The summed E-state index contributed by atoms with van der Waals surface area (Å²) in [7, 11) is -4.13. The van der Waals surface area contributed by atoms with Crippen molar-refractivity contribution in [3.63, 3.8) is 0 Å². The van der Waals surface area contributed by atoms with Gasteiger partial charge >= 0.3 is 16.2 Å². The molecule has 198 valence electrons. The van der Waals surface area contributed by atoms with Crippen molar-refractivity contribution in [3.05, 3.63) is 101 Å². The molecule has 1 aromatic heterocycles. The summed E-state index contributed by atoms with van der Waals surface area (Å²) in [5.74, 6) is 0.548. The Morgan fingerprint density at radius 1 is 1.03 bits per heavy atom. The molecule has 0 fully saturated rings. The van der Waals surface area contributed by atoms with Crippen LogP contribution in [0.4, 0.5) is 5.69 Å². The van der Waals surface area contributed by atoms with E-state index in [2.05, 4.69) is 9.71 Å². The van der Waals surface area contributed by atoms with Gasteiger partial charge in [0.25, 0.3) is 0 Å². The fourth-order valence-electron chi connectivity index (χ4n) is 3.78. The first kappa shape index (κ1) is 26.9. The molecule has 4 aromatic rings. The van der Waals surface area contributed by atoms with Crippen LogP contribution >= 0.6 is 0 Å². The standard InChI is InChI=1S/C28H29N3O6S/c1-20-11-13-24(14-12-20)30-38(34,35)31(19-27(32)33)18-22-7-6-10-25(17-22)36-16-15-26-21(2)37-28(29-26)23-8-4-3-5-9-23/h3-14,17,30H,15-16,18-19H2,1-2H3,(H,32,33). The van der Waals surface area contributed by atoms with Crippen molar-refractivity contribution in [2.75, 3.05) is 17.9 Å². The largest absolute Gasteiger partial charge is 0.493 e. The van der Waals surface area contributed by atoms with E-state index in [1.807, 2.05) is 44.2 Å². The third kappa shape index (κ3) is 7.21. The van der Waals surface area contributed by atoms with Crippen molar-refractivity contribution in [2.45, 2.75) is 26.8 Å². The number of aliphatic carboxylic acids is 1. The molecule has 4 rings (SSSR count). The average molecular weight is 536 g/mol. The Kier molecular flexibility index (Phi) is 8.45. The van der Waals surface area contributed by atoms with Crippen molar-refractivity contribution < 1.29 is 27.5 Å². The third-order valence-electron chi connectivity index (χ3n) is 5.73. The molecular formula is C28H29N3O6S. The van der Waals surface area contributed by atoms with E-state index < -0.39 is 22.7 Å². The lowest BCUT2D eigenvalue weighted by molar-refractivity contribution is -0.137. The van der Waals surface area contributed by atoms with Crippen molar-refractivity contribution in [1.29, 1.82) is 0 Å². The number of carboxylic acid groups (broad SMARTS) is 1. The zero-order chi connectivity index (χ0) is 27.1. The molecule has 0 atom stereocenters. The van der Waals surface area contributed by atoms with Crippen LogP contribution in [-0.4, -0.2) is 41.9 Å². The second-order valence-electron chi connectivity index (χ2n) is 8.77. The van der Waals surface area contributed by atoms with Gasteiger partial charge in [-0.25, -0.2) is 4.98 Å². The normalized spacial score (nSPS) is 11.4. The number of benzene rings is 3. The lowest BCUT2D eigenvalue weighted by atomic mass is 10.2. The minimum Gasteiger partial charge on any atom is -0.493 e. The summed E-state index contributed by atoms with van der Waals surface area (Å²) in [6.45, 7) is 3.24. The van der Waals surface area contributed by atoms with Crippen LogP contribution in [0.2, 0.25) is 0 Å². The van der Waals surface area contributed by atoms with Gasteiger partial charge in [-0.2, -0.15) is 12.7 Å². The van der Waals surface area contributed by atoms with Crippen LogP contribution < -0.4 is 9.46 Å². The second-order valence-corrected chi connectivity index (χ2v) is 10.4. The van der Waals surface area contributed by atoms with Crippen molar-refractivity contribution in [2.24, 2.45) is 0 Å². The van der Waals surface area contributed by atoms with E-state index in [-0.39, 0.29) is 6.54 Å². The van der Waals surface area contributed by atoms with Gasteiger partial charge in [-0.3, -0.25) is 9.52 Å². The Hall–Kier alpha value is -4.15. The molecule has 9 nitrogen and oxygen atoms in total. The number of aromatic nitrogens is 1. The SMILES string of the molecule is Cc1ccc(NS(=O)(=O)N(CC(=O)O)Cc2cccc(OCCc3nc(-c4ccccc4)oc3C)c2)cc1. The molecule has 3 aromatic carbocycles. The summed E-state index contributed by atoms with van der Waals surface area (Å²) in [5.41, 5.74) is 3.60. The molecule has 0 saturated heterocycles. The molecule has 0 unspecified atom stereocenters. The number of nitrogens with one attached hydrogen (secondary N) is 1. The highest BCUT2D eigenvalue weighted by Gasteiger charge is 2.25. The molecule has 0 amide bonds. The zero-order valence-corrected chi connectivity index (χ0v) is 21.9. The molecule has 38 heavy (non-hydrogen) atoms. The highest BCUT2D eigenvalue weighted by atomic mass is 32.2. The van der Waals surface area contributed by atoms with Crippen LogP contribution in [0, 0.1) is 13.8 Å². The number of anilines is 1. The average Bonchev–Trinajstić information content (AvgIpc) is 3.26. The summed E-state index contributed by atoms with van der Waals surface area (Å²) in [5, 5.41) is 9.33. The number of aryl methyl sites for hydroxylation is 2. The Balaban J connectivity index is 1.40. The summed E-state index contributed by atoms with van der Waals surface area (Å²) >= 11 is 0. The summed E-state index contributed by atoms with van der Waals surface area (Å²) in [6.07, 6.45) is 0.520. The Labute approximate surface area is 221 Å². The number of nitrogens with zero attached hydrogens (tertiary/aromatic N) is 2. The molecule has 0 aliphatic rings. The molecule has 2 N–H and O–H groups in total. The van der Waals surface area contributed by atoms with Gasteiger partial charge in [0, 0.05) is 24.2 Å². The van der Waals surface area contributed by atoms with Crippen LogP contribution in [0.25, 0.3) is 11.5 Å². The molecule has 0 aliphatic heterocycles. The number of hydrogen-bond donors (Lipinski definition) is 2. The van der Waals surface area contributed by atoms with E-state index in [9.17, 15) is 18.3 Å². The van der Waals surface area contributed by atoms with Crippen LogP contribution in [0.15, 0.2) is 83.3 Å². The first-order chi connectivity index (χ1) is 18.2. The monoisotopic (exact) mass is 535 g/mol. The van der Waals surface area contributed by atoms with Gasteiger partial charge in [0.2, 0.25) is 5.89 Å². The number of hydrogen-bond acceptors (Lipinski definition) is 6. The fourth-order valence-corrected chi connectivity index (χ4v) is 4.94. The maximum absolute atomic E-state index is 13.0. The molecule has 0 radical (unpaired) electrons. The highest BCUT2D eigenvalue weighted by Crippen LogP contribution is 2.23. The first-order valence-corrected chi connectivity index (χ1v) is 13.4. The van der Waals surface area contributed by atoms with E-state index >= 15 is 0 Å². The van der Waals surface area contributed by atoms with E-state index in [0.29, 0.717) is 35.9 Å². The van der Waals surface area contributed by atoms with Crippen molar-refractivity contribution in [1.82, 2.24) is 9.29 Å². The van der Waals surface area contributed by atoms with Crippen molar-refractivity contribution >= 4 is 21.9 Å². The number of ether oxygens (including phenoxy) is 1. The molecule has 1 heterocycles. The van der Waals surface area contributed by atoms with E-state index in [1.54, 1.807) is 48.5 Å². The van der Waals surface area contributed by atoms with E-state index in [1.165, 1.54) is 0 Å². The van der Waals surface area contributed by atoms with E-state index in [0.717, 1.165) is 26.9 Å². The Morgan fingerprint density at radius 3 is 2.47 bits per heavy atom. The molecule has 0 bridgehead atoms. The number of oxazole rings is 1. The molecule has 0 aliphatic carbocycles. The summed E-state index contributed by atoms with van der Waals surface area (Å²) < 4.78 is 41.0. The smallest absolute Gasteiger partial charge is 0.318 e. The molecule has 0 spiro atoms. The Bertz CT molecular complexity index is 1480. The fraction of sp³-hybridized carbons (Fsp3) is 0.214. The van der Waals surface area contributed by atoms with Crippen LogP contribution in [0.5, 0.6) is 5.75 Å². The lowest BCUT2D eigenvalue weighted by Gasteiger charge is -2.21. The maximum Gasteiger partial charge on any atom is 0.318 e. The van der Waals surface area contributed by atoms with Crippen LogP contribution in [0.1, 0.15) is 22.6 Å². The number of carbonyl (C=O) groups is 1. The quantitative estimate of drug-likeness (QED) is 0.267. The predicted molar refractivity (Wildman–Crippen MR) is 144 cm³/mol. The van der Waals surface area contributed by atoms with Gasteiger partial charge in [-0.05, 0) is 55.8 Å². The zero-order valence-electron chi connectivity index (χ0n) is 21.1. The summed E-state index contributed by atoms with van der Waals surface area (Å²) in [4.78, 5) is 16.0. The van der Waals surface area contributed by atoms with Crippen LogP contribution in [-0.2, 0) is 28.0 Å². The molecule has 0 saturated carbocycles. The number of rotatable bonds is 12. The van der Waals surface area contributed by atoms with Gasteiger partial charge in [0.1, 0.15) is 18.1 Å². The maximum atomic E-state index is 13.0. The van der Waals surface area contributed by atoms with Crippen molar-refractivity contribution in [3.8, 4) is 17.2 Å². The lowest BCUT2D eigenvalue weighted by Crippen LogP contribution is -2.39. The first-order valence-electron chi connectivity index (χ1n) is 12.0. The Morgan fingerprint density at radius 2 is 1.76 bits per heavy atom. The van der Waals surface area contributed by atoms with Crippen LogP contribution in [0.3, 0.4) is 0 Å². The van der Waals surface area contributed by atoms with Gasteiger partial charge < -0.3 is 14.3 Å². The topological polar surface area (TPSA) is 122 Å². The van der Waals surface area contributed by atoms with Gasteiger partial charge in [0.05, 0.1) is 12.3 Å².